The molecule has 1 fully saturated rings. The van der Waals surface area contributed by atoms with E-state index in [9.17, 15) is 4.79 Å². The summed E-state index contributed by atoms with van der Waals surface area (Å²) in [6.07, 6.45) is 6.46. The first-order valence-corrected chi connectivity index (χ1v) is 7.19. The van der Waals surface area contributed by atoms with Crippen LogP contribution in [0.3, 0.4) is 0 Å². The van der Waals surface area contributed by atoms with Crippen LogP contribution in [0.5, 0.6) is 0 Å². The summed E-state index contributed by atoms with van der Waals surface area (Å²) in [6, 6.07) is 3.86. The number of carbonyl (C=O) groups is 1. The Morgan fingerprint density at radius 2 is 2.11 bits per heavy atom. The molecule has 1 aromatic heterocycles. The van der Waals surface area contributed by atoms with Crippen LogP contribution in [-0.4, -0.2) is 42.5 Å². The monoisotopic (exact) mass is 261 g/mol. The van der Waals surface area contributed by atoms with E-state index in [1.807, 2.05) is 25.4 Å². The lowest BCUT2D eigenvalue weighted by Crippen LogP contribution is -2.28. The minimum Gasteiger partial charge on any atom is -0.370 e. The average molecular weight is 261 g/mol. The van der Waals surface area contributed by atoms with Gasteiger partial charge in [0.2, 0.25) is 0 Å². The van der Waals surface area contributed by atoms with Crippen molar-refractivity contribution >= 4 is 11.6 Å². The van der Waals surface area contributed by atoms with Crippen LogP contribution in [0.1, 0.15) is 43.1 Å². The van der Waals surface area contributed by atoms with E-state index >= 15 is 0 Å². The summed E-state index contributed by atoms with van der Waals surface area (Å²) in [4.78, 5) is 20.5. The molecule has 4 heteroatoms. The zero-order valence-corrected chi connectivity index (χ0v) is 11.9. The molecule has 0 atom stereocenters. The summed E-state index contributed by atoms with van der Waals surface area (Å²) in [5.74, 6) is 0.0152. The molecule has 4 nitrogen and oxygen atoms in total. The van der Waals surface area contributed by atoms with E-state index in [1.54, 1.807) is 4.90 Å². The topological polar surface area (TPSA) is 36.4 Å². The van der Waals surface area contributed by atoms with Gasteiger partial charge in [-0.25, -0.2) is 4.98 Å². The Bertz CT molecular complexity index is 410. The molecule has 0 spiro atoms. The van der Waals surface area contributed by atoms with E-state index in [0.29, 0.717) is 5.69 Å². The molecule has 0 radical (unpaired) electrons. The Morgan fingerprint density at radius 1 is 1.37 bits per heavy atom. The van der Waals surface area contributed by atoms with Crippen LogP contribution in [0, 0.1) is 0 Å². The summed E-state index contributed by atoms with van der Waals surface area (Å²) in [6.45, 7) is 5.13. The summed E-state index contributed by atoms with van der Waals surface area (Å²) < 4.78 is 0. The van der Waals surface area contributed by atoms with Crippen molar-refractivity contribution in [3.8, 4) is 0 Å². The fourth-order valence-corrected chi connectivity index (χ4v) is 2.37. The SMILES string of the molecule is CCCCN(C)C(=O)c1ccc(N2CCCC2)cn1. The zero-order chi connectivity index (χ0) is 13.7. The lowest BCUT2D eigenvalue weighted by molar-refractivity contribution is 0.0787. The average Bonchev–Trinajstić information content (AvgIpc) is 2.98. The first-order chi connectivity index (χ1) is 9.22. The number of unbranched alkanes of at least 4 members (excludes halogenated alkanes) is 1. The molecule has 0 aliphatic carbocycles. The van der Waals surface area contributed by atoms with E-state index in [2.05, 4.69) is 16.8 Å². The molecule has 1 aliphatic heterocycles. The minimum absolute atomic E-state index is 0.0152. The van der Waals surface area contributed by atoms with Gasteiger partial charge in [-0.05, 0) is 31.4 Å². The molecule has 104 valence electrons. The van der Waals surface area contributed by atoms with Gasteiger partial charge in [-0.2, -0.15) is 0 Å². The standard InChI is InChI=1S/C15H23N3O/c1-3-4-9-17(2)15(19)14-8-7-13(12-16-14)18-10-5-6-11-18/h7-8,12H,3-6,9-11H2,1-2H3. The van der Waals surface area contributed by atoms with Crippen molar-refractivity contribution in [2.45, 2.75) is 32.6 Å². The lowest BCUT2D eigenvalue weighted by atomic mass is 10.2. The van der Waals surface area contributed by atoms with Crippen LogP contribution >= 0.6 is 0 Å². The molecule has 2 rings (SSSR count). The van der Waals surface area contributed by atoms with Crippen molar-refractivity contribution < 1.29 is 4.79 Å². The predicted molar refractivity (Wildman–Crippen MR) is 77.6 cm³/mol. The molecule has 1 aromatic rings. The van der Waals surface area contributed by atoms with Crippen LogP contribution in [0.15, 0.2) is 18.3 Å². The number of anilines is 1. The quantitative estimate of drug-likeness (QED) is 0.817. The second kappa shape index (κ2) is 6.55. The van der Waals surface area contributed by atoms with Crippen molar-refractivity contribution in [3.05, 3.63) is 24.0 Å². The molecule has 1 aliphatic rings. The number of nitrogens with zero attached hydrogens (tertiary/aromatic N) is 3. The van der Waals surface area contributed by atoms with Gasteiger partial charge >= 0.3 is 0 Å². The first kappa shape index (κ1) is 13.8. The largest absolute Gasteiger partial charge is 0.370 e. The second-order valence-corrected chi connectivity index (χ2v) is 5.18. The fraction of sp³-hybridized carbons (Fsp3) is 0.600. The molecular formula is C15H23N3O. The van der Waals surface area contributed by atoms with Crippen molar-refractivity contribution in [2.75, 3.05) is 31.6 Å². The van der Waals surface area contributed by atoms with Gasteiger partial charge in [0, 0.05) is 26.7 Å². The summed E-state index contributed by atoms with van der Waals surface area (Å²) >= 11 is 0. The second-order valence-electron chi connectivity index (χ2n) is 5.18. The number of rotatable bonds is 5. The van der Waals surface area contributed by atoms with Gasteiger partial charge in [0.25, 0.3) is 5.91 Å². The normalized spacial score (nSPS) is 14.7. The summed E-state index contributed by atoms with van der Waals surface area (Å²) in [5, 5.41) is 0. The van der Waals surface area contributed by atoms with Gasteiger partial charge in [-0.15, -0.1) is 0 Å². The van der Waals surface area contributed by atoms with E-state index in [4.69, 9.17) is 0 Å². The maximum absolute atomic E-state index is 12.1. The fourth-order valence-electron chi connectivity index (χ4n) is 2.37. The lowest BCUT2D eigenvalue weighted by Gasteiger charge is -2.19. The molecule has 2 heterocycles. The molecule has 1 saturated heterocycles. The van der Waals surface area contributed by atoms with Crippen LogP contribution in [0.25, 0.3) is 0 Å². The molecule has 0 saturated carbocycles. The summed E-state index contributed by atoms with van der Waals surface area (Å²) in [7, 11) is 1.84. The van der Waals surface area contributed by atoms with Gasteiger partial charge in [-0.3, -0.25) is 4.79 Å². The highest BCUT2D eigenvalue weighted by molar-refractivity contribution is 5.92. The number of hydrogen-bond acceptors (Lipinski definition) is 3. The summed E-state index contributed by atoms with van der Waals surface area (Å²) in [5.41, 5.74) is 1.67. The van der Waals surface area contributed by atoms with Crippen LogP contribution in [0.2, 0.25) is 0 Å². The third-order valence-corrected chi connectivity index (χ3v) is 3.63. The molecule has 1 amide bonds. The van der Waals surface area contributed by atoms with Crippen molar-refractivity contribution in [1.82, 2.24) is 9.88 Å². The van der Waals surface area contributed by atoms with E-state index < -0.39 is 0 Å². The van der Waals surface area contributed by atoms with Gasteiger partial charge in [0.1, 0.15) is 5.69 Å². The maximum atomic E-state index is 12.1. The van der Waals surface area contributed by atoms with Crippen LogP contribution < -0.4 is 4.90 Å². The van der Waals surface area contributed by atoms with Gasteiger partial charge in [-0.1, -0.05) is 13.3 Å². The predicted octanol–water partition coefficient (Wildman–Crippen LogP) is 2.55. The Hall–Kier alpha value is -1.58. The van der Waals surface area contributed by atoms with Gasteiger partial charge < -0.3 is 9.80 Å². The Morgan fingerprint density at radius 3 is 2.68 bits per heavy atom. The number of amides is 1. The Labute approximate surface area is 115 Å². The maximum Gasteiger partial charge on any atom is 0.272 e. The number of carbonyl (C=O) groups excluding carboxylic acids is 1. The molecule has 0 bridgehead atoms. The van der Waals surface area contributed by atoms with Crippen molar-refractivity contribution in [1.29, 1.82) is 0 Å². The van der Waals surface area contributed by atoms with Gasteiger partial charge in [0.05, 0.1) is 11.9 Å². The van der Waals surface area contributed by atoms with E-state index in [0.717, 1.165) is 38.2 Å². The van der Waals surface area contributed by atoms with Gasteiger partial charge in [0.15, 0.2) is 0 Å². The van der Waals surface area contributed by atoms with E-state index in [-0.39, 0.29) is 5.91 Å². The number of pyridine rings is 1. The molecular weight excluding hydrogens is 238 g/mol. The minimum atomic E-state index is 0.0152. The van der Waals surface area contributed by atoms with Crippen molar-refractivity contribution in [3.63, 3.8) is 0 Å². The van der Waals surface area contributed by atoms with Crippen LogP contribution in [0.4, 0.5) is 5.69 Å². The highest BCUT2D eigenvalue weighted by atomic mass is 16.2. The highest BCUT2D eigenvalue weighted by Crippen LogP contribution is 2.19. The first-order valence-electron chi connectivity index (χ1n) is 7.19. The number of hydrogen-bond donors (Lipinski definition) is 0. The van der Waals surface area contributed by atoms with Crippen molar-refractivity contribution in [2.24, 2.45) is 0 Å². The molecule has 19 heavy (non-hydrogen) atoms. The Kier molecular flexibility index (Phi) is 4.77. The van der Waals surface area contributed by atoms with Crippen LogP contribution in [-0.2, 0) is 0 Å². The Balaban J connectivity index is 1.99. The third kappa shape index (κ3) is 3.46. The smallest absolute Gasteiger partial charge is 0.272 e. The zero-order valence-electron chi connectivity index (χ0n) is 11.9. The third-order valence-electron chi connectivity index (χ3n) is 3.63. The van der Waals surface area contributed by atoms with E-state index in [1.165, 1.54) is 12.8 Å². The molecule has 0 unspecified atom stereocenters. The highest BCUT2D eigenvalue weighted by Gasteiger charge is 2.15. The molecule has 0 N–H and O–H groups in total. The molecule has 0 aromatic carbocycles. The number of aromatic nitrogens is 1.